The summed E-state index contributed by atoms with van der Waals surface area (Å²) in [4.78, 5) is 14.5. The van der Waals surface area contributed by atoms with Gasteiger partial charge in [0.25, 0.3) is 0 Å². The molecule has 1 aliphatic heterocycles. The van der Waals surface area contributed by atoms with E-state index in [1.54, 1.807) is 0 Å². The monoisotopic (exact) mass is 292 g/mol. The van der Waals surface area contributed by atoms with Crippen LogP contribution >= 0.6 is 0 Å². The van der Waals surface area contributed by atoms with Crippen molar-refractivity contribution in [3.63, 3.8) is 0 Å². The minimum atomic E-state index is -0.405. The molecule has 5 heteroatoms. The Bertz CT molecular complexity index is 457. The zero-order valence-electron chi connectivity index (χ0n) is 12.8. The number of nitrogens with zero attached hydrogens (tertiary/aromatic N) is 1. The highest BCUT2D eigenvalue weighted by Crippen LogP contribution is 2.30. The lowest BCUT2D eigenvalue weighted by molar-refractivity contribution is -0.147. The van der Waals surface area contributed by atoms with Gasteiger partial charge in [0.2, 0.25) is 0 Å². The van der Waals surface area contributed by atoms with Crippen molar-refractivity contribution in [1.82, 2.24) is 10.2 Å². The quantitative estimate of drug-likeness (QED) is 0.835. The molecule has 0 saturated carbocycles. The Morgan fingerprint density at radius 3 is 2.90 bits per heavy atom. The van der Waals surface area contributed by atoms with Crippen LogP contribution in [0.4, 0.5) is 0 Å². The molecular weight excluding hydrogens is 268 g/mol. The largest absolute Gasteiger partial charge is 0.494 e. The van der Waals surface area contributed by atoms with Gasteiger partial charge >= 0.3 is 5.97 Å². The lowest BCUT2D eigenvalue weighted by Gasteiger charge is -2.29. The van der Waals surface area contributed by atoms with Crippen molar-refractivity contribution in [2.24, 2.45) is 0 Å². The number of nitrogens with one attached hydrogen (secondary N) is 1. The lowest BCUT2D eigenvalue weighted by Crippen LogP contribution is -2.37. The van der Waals surface area contributed by atoms with Crippen LogP contribution in [0.25, 0.3) is 0 Å². The lowest BCUT2D eigenvalue weighted by atomic mass is 10.0. The number of methoxy groups -OCH3 is 1. The maximum atomic E-state index is 12.3. The van der Waals surface area contributed by atoms with E-state index in [2.05, 4.69) is 10.2 Å². The zero-order valence-corrected chi connectivity index (χ0v) is 12.8. The Morgan fingerprint density at radius 2 is 2.14 bits per heavy atom. The maximum absolute atomic E-state index is 12.3. The normalized spacial score (nSPS) is 17.8. The molecule has 0 aromatic heterocycles. The van der Waals surface area contributed by atoms with Gasteiger partial charge in [0.05, 0.1) is 13.7 Å². The summed E-state index contributed by atoms with van der Waals surface area (Å²) in [6.07, 6.45) is 1.02. The molecule has 1 fully saturated rings. The predicted molar refractivity (Wildman–Crippen MR) is 81.4 cm³/mol. The molecule has 1 saturated heterocycles. The van der Waals surface area contributed by atoms with E-state index in [9.17, 15) is 4.79 Å². The van der Waals surface area contributed by atoms with E-state index in [-0.39, 0.29) is 5.97 Å². The van der Waals surface area contributed by atoms with Crippen molar-refractivity contribution >= 4 is 5.97 Å². The predicted octanol–water partition coefficient (Wildman–Crippen LogP) is 1.59. The fourth-order valence-electron chi connectivity index (χ4n) is 2.70. The Labute approximate surface area is 126 Å². The maximum Gasteiger partial charge on any atom is 0.327 e. The Kier molecular flexibility index (Phi) is 6.02. The van der Waals surface area contributed by atoms with Gasteiger partial charge in [-0.2, -0.15) is 0 Å². The zero-order chi connectivity index (χ0) is 15.1. The number of carbonyl (C=O) groups is 1. The molecule has 5 nitrogen and oxygen atoms in total. The third-order valence-corrected chi connectivity index (χ3v) is 3.68. The molecule has 0 bridgehead atoms. The average molecular weight is 292 g/mol. The van der Waals surface area contributed by atoms with E-state index in [1.165, 1.54) is 7.11 Å². The topological polar surface area (TPSA) is 50.8 Å². The van der Waals surface area contributed by atoms with Crippen molar-refractivity contribution in [3.05, 3.63) is 29.8 Å². The van der Waals surface area contributed by atoms with Crippen molar-refractivity contribution < 1.29 is 14.3 Å². The van der Waals surface area contributed by atoms with Gasteiger partial charge in [-0.15, -0.1) is 0 Å². The number of hydrogen-bond donors (Lipinski definition) is 1. The molecule has 0 amide bonds. The summed E-state index contributed by atoms with van der Waals surface area (Å²) >= 11 is 0. The van der Waals surface area contributed by atoms with Gasteiger partial charge in [0.15, 0.2) is 0 Å². The van der Waals surface area contributed by atoms with Crippen molar-refractivity contribution in [3.8, 4) is 5.75 Å². The highest BCUT2D eigenvalue weighted by atomic mass is 16.5. The van der Waals surface area contributed by atoms with E-state index in [0.717, 1.165) is 43.9 Å². The molecule has 116 valence electrons. The molecule has 2 rings (SSSR count). The summed E-state index contributed by atoms with van der Waals surface area (Å²) in [5.41, 5.74) is 0.883. The second kappa shape index (κ2) is 8.00. The molecule has 0 spiro atoms. The summed E-state index contributed by atoms with van der Waals surface area (Å²) in [7, 11) is 1.44. The minimum Gasteiger partial charge on any atom is -0.494 e. The highest BCUT2D eigenvalue weighted by molar-refractivity contribution is 5.78. The summed E-state index contributed by atoms with van der Waals surface area (Å²) in [5.74, 6) is 0.525. The van der Waals surface area contributed by atoms with E-state index in [1.807, 2.05) is 31.2 Å². The van der Waals surface area contributed by atoms with Crippen LogP contribution in [0, 0.1) is 0 Å². The highest BCUT2D eigenvalue weighted by Gasteiger charge is 2.31. The summed E-state index contributed by atoms with van der Waals surface area (Å²) < 4.78 is 10.7. The Hall–Kier alpha value is -1.59. The van der Waals surface area contributed by atoms with Gasteiger partial charge in [0.1, 0.15) is 11.8 Å². The second-order valence-electron chi connectivity index (χ2n) is 5.04. The van der Waals surface area contributed by atoms with E-state index in [4.69, 9.17) is 9.47 Å². The molecule has 1 N–H and O–H groups in total. The molecular formula is C16H24N2O3. The average Bonchev–Trinajstić information content (AvgIpc) is 2.78. The molecule has 1 aliphatic rings. The van der Waals surface area contributed by atoms with Crippen molar-refractivity contribution in [2.45, 2.75) is 19.4 Å². The molecule has 1 aromatic rings. The molecule has 1 unspecified atom stereocenters. The minimum absolute atomic E-state index is 0.232. The SMILES string of the molecule is CCOc1ccccc1C(C(=O)OC)N1CCCNCC1. The summed E-state index contributed by atoms with van der Waals surface area (Å²) in [5, 5.41) is 3.36. The van der Waals surface area contributed by atoms with Crippen LogP contribution in [0.5, 0.6) is 5.75 Å². The van der Waals surface area contributed by atoms with Gasteiger partial charge < -0.3 is 14.8 Å². The molecule has 0 aliphatic carbocycles. The van der Waals surface area contributed by atoms with Gasteiger partial charge in [-0.25, -0.2) is 4.79 Å². The standard InChI is InChI=1S/C16H24N2O3/c1-3-21-14-8-5-4-7-13(14)15(16(19)20-2)18-11-6-9-17-10-12-18/h4-5,7-8,15,17H,3,6,9-12H2,1-2H3. The molecule has 1 atom stereocenters. The van der Waals surface area contributed by atoms with E-state index in [0.29, 0.717) is 6.61 Å². The number of rotatable bonds is 5. The van der Waals surface area contributed by atoms with Gasteiger partial charge in [-0.3, -0.25) is 4.90 Å². The fourth-order valence-corrected chi connectivity index (χ4v) is 2.70. The Morgan fingerprint density at radius 1 is 1.33 bits per heavy atom. The van der Waals surface area contributed by atoms with E-state index < -0.39 is 6.04 Å². The first-order chi connectivity index (χ1) is 10.3. The van der Waals surface area contributed by atoms with Crippen molar-refractivity contribution in [2.75, 3.05) is 39.9 Å². The summed E-state index contributed by atoms with van der Waals surface area (Å²) in [6, 6.07) is 7.31. The number of esters is 1. The Balaban J connectivity index is 2.33. The van der Waals surface area contributed by atoms with Crippen LogP contribution in [0.2, 0.25) is 0 Å². The van der Waals surface area contributed by atoms with Gasteiger partial charge in [-0.1, -0.05) is 18.2 Å². The van der Waals surface area contributed by atoms with Crippen LogP contribution in [0.3, 0.4) is 0 Å². The first kappa shape index (κ1) is 15.8. The smallest absolute Gasteiger partial charge is 0.327 e. The molecule has 21 heavy (non-hydrogen) atoms. The molecule has 0 radical (unpaired) electrons. The van der Waals surface area contributed by atoms with Crippen LogP contribution in [-0.2, 0) is 9.53 Å². The fraction of sp³-hybridized carbons (Fsp3) is 0.562. The summed E-state index contributed by atoms with van der Waals surface area (Å²) in [6.45, 7) is 6.07. The van der Waals surface area contributed by atoms with Crippen molar-refractivity contribution in [1.29, 1.82) is 0 Å². The van der Waals surface area contributed by atoms with Gasteiger partial charge in [0, 0.05) is 25.2 Å². The van der Waals surface area contributed by atoms with Crippen LogP contribution in [0.15, 0.2) is 24.3 Å². The van der Waals surface area contributed by atoms with Crippen LogP contribution in [-0.4, -0.2) is 50.8 Å². The number of benzene rings is 1. The first-order valence-corrected chi connectivity index (χ1v) is 7.52. The molecule has 1 aromatic carbocycles. The second-order valence-corrected chi connectivity index (χ2v) is 5.04. The van der Waals surface area contributed by atoms with Crippen LogP contribution in [0.1, 0.15) is 24.9 Å². The first-order valence-electron chi connectivity index (χ1n) is 7.52. The third-order valence-electron chi connectivity index (χ3n) is 3.68. The number of hydrogen-bond acceptors (Lipinski definition) is 5. The third kappa shape index (κ3) is 3.95. The number of ether oxygens (including phenoxy) is 2. The van der Waals surface area contributed by atoms with Gasteiger partial charge in [-0.05, 0) is 26.0 Å². The molecule has 1 heterocycles. The number of carbonyl (C=O) groups excluding carboxylic acids is 1. The van der Waals surface area contributed by atoms with E-state index >= 15 is 0 Å². The van der Waals surface area contributed by atoms with Crippen LogP contribution < -0.4 is 10.1 Å². The number of para-hydroxylation sites is 1.